The summed E-state index contributed by atoms with van der Waals surface area (Å²) in [7, 11) is 0. The highest BCUT2D eigenvalue weighted by molar-refractivity contribution is 6.14. The van der Waals surface area contributed by atoms with Crippen LogP contribution >= 0.6 is 0 Å². The number of phenols is 1. The monoisotopic (exact) mass is 506 g/mol. The van der Waals surface area contributed by atoms with Gasteiger partial charge in [-0.25, -0.2) is 0 Å². The Morgan fingerprint density at radius 1 is 0.737 bits per heavy atom. The molecule has 0 aliphatic carbocycles. The first-order chi connectivity index (χ1) is 18.3. The van der Waals surface area contributed by atoms with Crippen LogP contribution in [0.5, 0.6) is 5.75 Å². The molecule has 0 fully saturated rings. The van der Waals surface area contributed by atoms with E-state index in [4.69, 9.17) is 0 Å². The maximum absolute atomic E-state index is 14.4. The van der Waals surface area contributed by atoms with Crippen molar-refractivity contribution in [2.75, 3.05) is 10.2 Å². The maximum Gasteiger partial charge on any atom is 0.260 e. The molecule has 194 valence electrons. The van der Waals surface area contributed by atoms with Gasteiger partial charge in [0.05, 0.1) is 23.5 Å². The lowest BCUT2D eigenvalue weighted by Crippen LogP contribution is -2.33. The highest BCUT2D eigenvalue weighted by Gasteiger charge is 2.28. The highest BCUT2D eigenvalue weighted by Crippen LogP contribution is 2.38. The first-order valence-electron chi connectivity index (χ1n) is 12.9. The topological polar surface area (TPSA) is 69.6 Å². The lowest BCUT2D eigenvalue weighted by Gasteiger charge is -2.31. The first-order valence-corrected chi connectivity index (χ1v) is 12.9. The number of para-hydroxylation sites is 3. The standard InChI is InChI=1S/C33H34N2O3/c1-22(2)26-17-12-18-27(23(3)4)31(26)35(21-25-15-8-11-20-30(25)36)33(38)28-16-9-10-19-29(28)34-32(37)24-13-6-5-7-14-24/h5-20,22-23,36H,21H2,1-4H3,(H,34,37). The molecule has 0 unspecified atom stereocenters. The van der Waals surface area contributed by atoms with Crippen LogP contribution in [0.4, 0.5) is 11.4 Å². The van der Waals surface area contributed by atoms with Gasteiger partial charge < -0.3 is 15.3 Å². The predicted molar refractivity (Wildman–Crippen MR) is 154 cm³/mol. The van der Waals surface area contributed by atoms with E-state index >= 15 is 0 Å². The summed E-state index contributed by atoms with van der Waals surface area (Å²) in [5.74, 6) is -0.0901. The molecule has 38 heavy (non-hydrogen) atoms. The Hall–Kier alpha value is -4.38. The van der Waals surface area contributed by atoms with E-state index in [-0.39, 0.29) is 35.9 Å². The molecule has 0 aliphatic heterocycles. The minimum absolute atomic E-state index is 0.129. The third kappa shape index (κ3) is 5.78. The second-order valence-corrected chi connectivity index (χ2v) is 9.98. The average molecular weight is 507 g/mol. The summed E-state index contributed by atoms with van der Waals surface area (Å²) in [6, 6.07) is 29.2. The van der Waals surface area contributed by atoms with Crippen molar-refractivity contribution >= 4 is 23.2 Å². The number of nitrogens with one attached hydrogen (secondary N) is 1. The predicted octanol–water partition coefficient (Wildman–Crippen LogP) is 7.74. The smallest absolute Gasteiger partial charge is 0.260 e. The first kappa shape index (κ1) is 26.7. The second kappa shape index (κ2) is 11.8. The molecule has 0 atom stereocenters. The zero-order chi connectivity index (χ0) is 27.2. The minimum Gasteiger partial charge on any atom is -0.508 e. The van der Waals surface area contributed by atoms with Gasteiger partial charge in [-0.05, 0) is 53.3 Å². The molecule has 4 aromatic carbocycles. The van der Waals surface area contributed by atoms with Crippen molar-refractivity contribution in [3.63, 3.8) is 0 Å². The lowest BCUT2D eigenvalue weighted by molar-refractivity contribution is 0.0985. The quantitative estimate of drug-likeness (QED) is 0.257. The summed E-state index contributed by atoms with van der Waals surface area (Å²) in [5, 5.41) is 13.5. The van der Waals surface area contributed by atoms with Gasteiger partial charge in [0.15, 0.2) is 0 Å². The number of nitrogens with zero attached hydrogens (tertiary/aromatic N) is 1. The molecular formula is C33H34N2O3. The number of phenolic OH excluding ortho intramolecular Hbond substituents is 1. The van der Waals surface area contributed by atoms with E-state index in [1.165, 1.54) is 0 Å². The van der Waals surface area contributed by atoms with Crippen LogP contribution in [0.1, 0.15) is 76.9 Å². The van der Waals surface area contributed by atoms with Crippen LogP contribution in [0.15, 0.2) is 97.1 Å². The number of benzene rings is 4. The van der Waals surface area contributed by atoms with E-state index in [9.17, 15) is 14.7 Å². The van der Waals surface area contributed by atoms with Crippen molar-refractivity contribution in [3.8, 4) is 5.75 Å². The maximum atomic E-state index is 14.4. The molecule has 0 bridgehead atoms. The Labute approximate surface area is 224 Å². The number of carbonyl (C=O) groups is 2. The highest BCUT2D eigenvalue weighted by atomic mass is 16.3. The van der Waals surface area contributed by atoms with E-state index < -0.39 is 0 Å². The molecule has 5 nitrogen and oxygen atoms in total. The average Bonchev–Trinajstić information content (AvgIpc) is 2.92. The lowest BCUT2D eigenvalue weighted by atomic mass is 9.91. The van der Waals surface area contributed by atoms with Gasteiger partial charge in [0.25, 0.3) is 11.8 Å². The van der Waals surface area contributed by atoms with Crippen molar-refractivity contribution in [3.05, 3.63) is 125 Å². The van der Waals surface area contributed by atoms with Crippen LogP contribution in [0.3, 0.4) is 0 Å². The number of hydrogen-bond acceptors (Lipinski definition) is 3. The second-order valence-electron chi connectivity index (χ2n) is 9.98. The van der Waals surface area contributed by atoms with Gasteiger partial charge in [0.1, 0.15) is 5.75 Å². The van der Waals surface area contributed by atoms with E-state index in [1.54, 1.807) is 65.6 Å². The van der Waals surface area contributed by atoms with Crippen LogP contribution < -0.4 is 10.2 Å². The van der Waals surface area contributed by atoms with Gasteiger partial charge >= 0.3 is 0 Å². The molecule has 4 rings (SSSR count). The Kier molecular flexibility index (Phi) is 8.27. The van der Waals surface area contributed by atoms with Gasteiger partial charge in [-0.2, -0.15) is 0 Å². The molecule has 2 N–H and O–H groups in total. The molecule has 0 aliphatic rings. The number of aromatic hydroxyl groups is 1. The van der Waals surface area contributed by atoms with E-state index in [1.807, 2.05) is 24.3 Å². The molecule has 0 spiro atoms. The van der Waals surface area contributed by atoms with Crippen molar-refractivity contribution in [1.82, 2.24) is 0 Å². The van der Waals surface area contributed by atoms with Gasteiger partial charge in [-0.15, -0.1) is 0 Å². The van der Waals surface area contributed by atoms with Crippen molar-refractivity contribution < 1.29 is 14.7 Å². The zero-order valence-electron chi connectivity index (χ0n) is 22.3. The van der Waals surface area contributed by atoms with Crippen LogP contribution in [0.2, 0.25) is 0 Å². The SMILES string of the molecule is CC(C)c1cccc(C(C)C)c1N(Cc1ccccc1O)C(=O)c1ccccc1NC(=O)c1ccccc1. The molecule has 5 heteroatoms. The minimum atomic E-state index is -0.288. The Bertz CT molecular complexity index is 1400. The van der Waals surface area contributed by atoms with E-state index in [2.05, 4.69) is 45.1 Å². The Balaban J connectivity index is 1.85. The molecular weight excluding hydrogens is 472 g/mol. The van der Waals surface area contributed by atoms with E-state index in [0.717, 1.165) is 16.8 Å². The number of hydrogen-bond donors (Lipinski definition) is 2. The fraction of sp³-hybridized carbons (Fsp3) is 0.212. The fourth-order valence-electron chi connectivity index (χ4n) is 4.60. The molecule has 2 amide bonds. The molecule has 0 aromatic heterocycles. The third-order valence-electron chi connectivity index (χ3n) is 6.62. The van der Waals surface area contributed by atoms with Crippen LogP contribution in [0, 0.1) is 0 Å². The summed E-state index contributed by atoms with van der Waals surface area (Å²) >= 11 is 0. The molecule has 4 aromatic rings. The summed E-state index contributed by atoms with van der Waals surface area (Å²) in [6.07, 6.45) is 0. The summed E-state index contributed by atoms with van der Waals surface area (Å²) in [4.78, 5) is 29.2. The van der Waals surface area contributed by atoms with Crippen molar-refractivity contribution in [2.24, 2.45) is 0 Å². The molecule has 0 saturated carbocycles. The Morgan fingerprint density at radius 3 is 1.95 bits per heavy atom. The number of anilines is 2. The zero-order valence-corrected chi connectivity index (χ0v) is 22.3. The molecule has 0 saturated heterocycles. The summed E-state index contributed by atoms with van der Waals surface area (Å²) in [6.45, 7) is 8.62. The number of amides is 2. The van der Waals surface area contributed by atoms with Gasteiger partial charge in [-0.1, -0.05) is 94.4 Å². The van der Waals surface area contributed by atoms with E-state index in [0.29, 0.717) is 22.4 Å². The van der Waals surface area contributed by atoms with Crippen LogP contribution in [-0.2, 0) is 6.54 Å². The third-order valence-corrected chi connectivity index (χ3v) is 6.62. The molecule has 0 heterocycles. The summed E-state index contributed by atoms with van der Waals surface area (Å²) in [5.41, 5.74) is 4.89. The number of carbonyl (C=O) groups excluding carboxylic acids is 2. The number of rotatable bonds is 8. The molecule has 0 radical (unpaired) electrons. The van der Waals surface area contributed by atoms with Crippen LogP contribution in [0.25, 0.3) is 0 Å². The van der Waals surface area contributed by atoms with Crippen molar-refractivity contribution in [1.29, 1.82) is 0 Å². The Morgan fingerprint density at radius 2 is 1.32 bits per heavy atom. The fourth-order valence-corrected chi connectivity index (χ4v) is 4.60. The van der Waals surface area contributed by atoms with Gasteiger partial charge in [-0.3, -0.25) is 9.59 Å². The summed E-state index contributed by atoms with van der Waals surface area (Å²) < 4.78 is 0. The van der Waals surface area contributed by atoms with Crippen LogP contribution in [-0.4, -0.2) is 16.9 Å². The van der Waals surface area contributed by atoms with Gasteiger partial charge in [0.2, 0.25) is 0 Å². The van der Waals surface area contributed by atoms with Gasteiger partial charge in [0, 0.05) is 11.1 Å². The normalized spacial score (nSPS) is 11.0. The van der Waals surface area contributed by atoms with Crippen molar-refractivity contribution in [2.45, 2.75) is 46.1 Å². The largest absolute Gasteiger partial charge is 0.508 e.